The maximum absolute atomic E-state index is 11.0. The standard InChI is InChI=1S/C11H14N2O2/c14-11(15)10-8-5-2-6-9(8)13(12-10)7-3-1-4-7/h7H,1-6H2,(H,14,15). The Balaban J connectivity index is 2.07. The molecule has 0 unspecified atom stereocenters. The number of carboxylic acid groups (broad SMARTS) is 1. The summed E-state index contributed by atoms with van der Waals surface area (Å²) >= 11 is 0. The predicted molar refractivity (Wildman–Crippen MR) is 54.1 cm³/mol. The van der Waals surface area contributed by atoms with Gasteiger partial charge in [-0.05, 0) is 38.5 Å². The number of hydrogen-bond donors (Lipinski definition) is 1. The van der Waals surface area contributed by atoms with Gasteiger partial charge in [0.05, 0.1) is 6.04 Å². The van der Waals surface area contributed by atoms with Crippen molar-refractivity contribution in [3.05, 3.63) is 17.0 Å². The van der Waals surface area contributed by atoms with E-state index < -0.39 is 5.97 Å². The number of hydrogen-bond acceptors (Lipinski definition) is 2. The monoisotopic (exact) mass is 206 g/mol. The number of carboxylic acids is 1. The number of carbonyl (C=O) groups is 1. The van der Waals surface area contributed by atoms with Crippen molar-refractivity contribution in [2.24, 2.45) is 0 Å². The summed E-state index contributed by atoms with van der Waals surface area (Å²) in [6.07, 6.45) is 6.55. The van der Waals surface area contributed by atoms with Crippen LogP contribution in [0.3, 0.4) is 0 Å². The highest BCUT2D eigenvalue weighted by Gasteiger charge is 2.30. The van der Waals surface area contributed by atoms with Gasteiger partial charge >= 0.3 is 5.97 Å². The van der Waals surface area contributed by atoms with Gasteiger partial charge in [-0.15, -0.1) is 0 Å². The van der Waals surface area contributed by atoms with Crippen LogP contribution >= 0.6 is 0 Å². The Morgan fingerprint density at radius 3 is 2.73 bits per heavy atom. The van der Waals surface area contributed by atoms with E-state index in [1.807, 2.05) is 4.68 Å². The Kier molecular flexibility index (Phi) is 1.84. The van der Waals surface area contributed by atoms with E-state index in [2.05, 4.69) is 5.10 Å². The Morgan fingerprint density at radius 1 is 1.33 bits per heavy atom. The lowest BCUT2D eigenvalue weighted by Gasteiger charge is -2.27. The van der Waals surface area contributed by atoms with Gasteiger partial charge in [-0.1, -0.05) is 0 Å². The van der Waals surface area contributed by atoms with Crippen LogP contribution in [0.25, 0.3) is 0 Å². The molecule has 1 saturated carbocycles. The van der Waals surface area contributed by atoms with Crippen molar-refractivity contribution >= 4 is 5.97 Å². The molecule has 15 heavy (non-hydrogen) atoms. The first-order valence-electron chi connectivity index (χ1n) is 5.61. The molecule has 1 N–H and O–H groups in total. The minimum absolute atomic E-state index is 0.300. The molecule has 0 amide bonds. The number of fused-ring (bicyclic) bond motifs is 1. The molecule has 0 atom stereocenters. The second kappa shape index (κ2) is 3.08. The van der Waals surface area contributed by atoms with Crippen LogP contribution in [-0.4, -0.2) is 20.9 Å². The van der Waals surface area contributed by atoms with Gasteiger partial charge in [-0.25, -0.2) is 4.79 Å². The average Bonchev–Trinajstić information content (AvgIpc) is 2.63. The summed E-state index contributed by atoms with van der Waals surface area (Å²) in [6.45, 7) is 0. The molecular formula is C11H14N2O2. The van der Waals surface area contributed by atoms with E-state index in [0.717, 1.165) is 37.7 Å². The van der Waals surface area contributed by atoms with Gasteiger partial charge in [0.25, 0.3) is 0 Å². The Bertz CT molecular complexity index is 418. The smallest absolute Gasteiger partial charge is 0.356 e. The Morgan fingerprint density at radius 2 is 2.13 bits per heavy atom. The Hall–Kier alpha value is -1.32. The molecule has 1 aromatic heterocycles. The third-order valence-electron chi connectivity index (χ3n) is 3.58. The highest BCUT2D eigenvalue weighted by Crippen LogP contribution is 2.36. The molecule has 0 spiro atoms. The van der Waals surface area contributed by atoms with Crippen molar-refractivity contribution in [2.45, 2.75) is 44.6 Å². The van der Waals surface area contributed by atoms with Crippen molar-refractivity contribution in [3.63, 3.8) is 0 Å². The minimum atomic E-state index is -0.869. The predicted octanol–water partition coefficient (Wildman–Crippen LogP) is 1.79. The first-order chi connectivity index (χ1) is 7.27. The fourth-order valence-corrected chi connectivity index (χ4v) is 2.57. The summed E-state index contributed by atoms with van der Waals surface area (Å²) in [4.78, 5) is 11.0. The van der Waals surface area contributed by atoms with Crippen LogP contribution in [0.15, 0.2) is 0 Å². The van der Waals surface area contributed by atoms with Crippen LogP contribution in [0, 0.1) is 0 Å². The van der Waals surface area contributed by atoms with Gasteiger partial charge in [-0.2, -0.15) is 5.10 Å². The van der Waals surface area contributed by atoms with Gasteiger partial charge in [0.1, 0.15) is 0 Å². The molecule has 0 aliphatic heterocycles. The first kappa shape index (κ1) is 8.95. The minimum Gasteiger partial charge on any atom is -0.476 e. The van der Waals surface area contributed by atoms with Gasteiger partial charge in [-0.3, -0.25) is 4.68 Å². The lowest BCUT2D eigenvalue weighted by atomic mass is 9.93. The average molecular weight is 206 g/mol. The zero-order valence-electron chi connectivity index (χ0n) is 8.57. The molecule has 0 aromatic carbocycles. The van der Waals surface area contributed by atoms with E-state index >= 15 is 0 Å². The molecule has 0 bridgehead atoms. The molecule has 80 valence electrons. The summed E-state index contributed by atoms with van der Waals surface area (Å²) in [5, 5.41) is 13.3. The third-order valence-corrected chi connectivity index (χ3v) is 3.58. The van der Waals surface area contributed by atoms with Crippen molar-refractivity contribution < 1.29 is 9.90 Å². The van der Waals surface area contributed by atoms with E-state index in [1.54, 1.807) is 0 Å². The maximum Gasteiger partial charge on any atom is 0.356 e. The largest absolute Gasteiger partial charge is 0.476 e. The first-order valence-corrected chi connectivity index (χ1v) is 5.61. The van der Waals surface area contributed by atoms with Crippen LogP contribution in [-0.2, 0) is 12.8 Å². The van der Waals surface area contributed by atoms with E-state index in [0.29, 0.717) is 11.7 Å². The van der Waals surface area contributed by atoms with Crippen molar-refractivity contribution in [3.8, 4) is 0 Å². The van der Waals surface area contributed by atoms with Gasteiger partial charge in [0.15, 0.2) is 5.69 Å². The third kappa shape index (κ3) is 1.20. The van der Waals surface area contributed by atoms with Gasteiger partial charge < -0.3 is 5.11 Å². The SMILES string of the molecule is O=C(O)c1nn(C2CCC2)c2c1CCC2. The number of nitrogens with zero attached hydrogens (tertiary/aromatic N) is 2. The molecule has 1 aromatic rings. The molecule has 1 fully saturated rings. The van der Waals surface area contributed by atoms with Crippen LogP contribution in [0.2, 0.25) is 0 Å². The van der Waals surface area contributed by atoms with E-state index in [9.17, 15) is 4.79 Å². The maximum atomic E-state index is 11.0. The fraction of sp³-hybridized carbons (Fsp3) is 0.636. The normalized spacial score (nSPS) is 20.0. The van der Waals surface area contributed by atoms with Crippen LogP contribution in [0.5, 0.6) is 0 Å². The van der Waals surface area contributed by atoms with Crippen LogP contribution < -0.4 is 0 Å². The molecule has 4 heteroatoms. The zero-order chi connectivity index (χ0) is 10.4. The van der Waals surface area contributed by atoms with Crippen molar-refractivity contribution in [1.29, 1.82) is 0 Å². The second-order valence-corrected chi connectivity index (χ2v) is 4.46. The lowest BCUT2D eigenvalue weighted by molar-refractivity contribution is 0.0687. The molecule has 3 rings (SSSR count). The van der Waals surface area contributed by atoms with Crippen LogP contribution in [0.1, 0.15) is 53.5 Å². The number of rotatable bonds is 2. The van der Waals surface area contributed by atoms with Crippen LogP contribution in [0.4, 0.5) is 0 Å². The molecule has 4 nitrogen and oxygen atoms in total. The topological polar surface area (TPSA) is 55.1 Å². The lowest BCUT2D eigenvalue weighted by Crippen LogP contribution is -2.20. The van der Waals surface area contributed by atoms with E-state index in [4.69, 9.17) is 5.11 Å². The van der Waals surface area contributed by atoms with Gasteiger partial charge in [0, 0.05) is 11.3 Å². The summed E-state index contributed by atoms with van der Waals surface area (Å²) in [7, 11) is 0. The highest BCUT2D eigenvalue weighted by atomic mass is 16.4. The molecule has 0 radical (unpaired) electrons. The molecule has 2 aliphatic carbocycles. The second-order valence-electron chi connectivity index (χ2n) is 4.46. The van der Waals surface area contributed by atoms with Gasteiger partial charge in [0.2, 0.25) is 0 Å². The summed E-state index contributed by atoms with van der Waals surface area (Å²) < 4.78 is 2.00. The molecular weight excluding hydrogens is 192 g/mol. The molecule has 1 heterocycles. The number of aromatic carboxylic acids is 1. The van der Waals surface area contributed by atoms with Crippen molar-refractivity contribution in [1.82, 2.24) is 9.78 Å². The quantitative estimate of drug-likeness (QED) is 0.802. The Labute approximate surface area is 87.9 Å². The number of aromatic nitrogens is 2. The summed E-state index contributed by atoms with van der Waals surface area (Å²) in [6, 6.07) is 0.477. The molecule has 2 aliphatic rings. The summed E-state index contributed by atoms with van der Waals surface area (Å²) in [5.41, 5.74) is 2.49. The van der Waals surface area contributed by atoms with E-state index in [1.165, 1.54) is 12.1 Å². The highest BCUT2D eigenvalue weighted by molar-refractivity contribution is 5.87. The molecule has 0 saturated heterocycles. The van der Waals surface area contributed by atoms with Crippen molar-refractivity contribution in [2.75, 3.05) is 0 Å². The van der Waals surface area contributed by atoms with E-state index in [-0.39, 0.29) is 0 Å². The fourth-order valence-electron chi connectivity index (χ4n) is 2.57. The summed E-state index contributed by atoms with van der Waals surface area (Å²) in [5.74, 6) is -0.869. The zero-order valence-corrected chi connectivity index (χ0v) is 8.57.